The van der Waals surface area contributed by atoms with Gasteiger partial charge in [-0.3, -0.25) is 19.4 Å². The molecule has 4 atom stereocenters. The predicted molar refractivity (Wildman–Crippen MR) is 138 cm³/mol. The summed E-state index contributed by atoms with van der Waals surface area (Å²) in [5.74, 6) is 0.657. The van der Waals surface area contributed by atoms with E-state index >= 15 is 0 Å². The van der Waals surface area contributed by atoms with Crippen molar-refractivity contribution in [2.75, 3.05) is 39.4 Å². The minimum atomic E-state index is -4.60. The maximum absolute atomic E-state index is 13.3. The van der Waals surface area contributed by atoms with Crippen molar-refractivity contribution in [3.63, 3.8) is 0 Å². The van der Waals surface area contributed by atoms with Crippen molar-refractivity contribution in [3.05, 3.63) is 57.4 Å². The van der Waals surface area contributed by atoms with Crippen LogP contribution in [0.1, 0.15) is 54.4 Å². The highest BCUT2D eigenvalue weighted by Crippen LogP contribution is 2.37. The second-order valence-corrected chi connectivity index (χ2v) is 11.3. The van der Waals surface area contributed by atoms with Gasteiger partial charge >= 0.3 is 6.18 Å². The number of rotatable bonds is 6. The van der Waals surface area contributed by atoms with Crippen molar-refractivity contribution >= 4 is 5.91 Å². The number of nitrogens with one attached hydrogen (secondary N) is 1. The Morgan fingerprint density at radius 1 is 1.12 bits per heavy atom. The monoisotopic (exact) mass is 564 g/mol. The molecule has 6 rings (SSSR count). The van der Waals surface area contributed by atoms with Crippen LogP contribution in [-0.4, -0.2) is 77.9 Å². The Hall–Kier alpha value is -2.67. The number of hydrogen-bond acceptors (Lipinski definition) is 7. The Morgan fingerprint density at radius 3 is 2.85 bits per heavy atom. The first-order valence-electron chi connectivity index (χ1n) is 14.1. The lowest BCUT2D eigenvalue weighted by Crippen LogP contribution is -2.49. The SMILES string of the molecule is O=C(CN1CCn2c(cc(C(F)(F)F)cc2=O)C1)NC1CN(C2CCCOCC2)CC1OC1CCc2ccoc21. The van der Waals surface area contributed by atoms with Crippen molar-refractivity contribution in [1.29, 1.82) is 0 Å². The molecule has 0 spiro atoms. The Morgan fingerprint density at radius 2 is 2.00 bits per heavy atom. The van der Waals surface area contributed by atoms with Crippen molar-refractivity contribution < 1.29 is 31.9 Å². The van der Waals surface area contributed by atoms with Crippen LogP contribution < -0.4 is 10.9 Å². The highest BCUT2D eigenvalue weighted by molar-refractivity contribution is 5.78. The van der Waals surface area contributed by atoms with Crippen LogP contribution in [0.15, 0.2) is 33.7 Å². The third-order valence-electron chi connectivity index (χ3n) is 8.60. The van der Waals surface area contributed by atoms with E-state index in [0.717, 1.165) is 57.1 Å². The highest BCUT2D eigenvalue weighted by Gasteiger charge is 2.41. The smallest absolute Gasteiger partial charge is 0.416 e. The third kappa shape index (κ3) is 5.86. The van der Waals surface area contributed by atoms with Crippen LogP contribution >= 0.6 is 0 Å². The largest absolute Gasteiger partial charge is 0.466 e. The van der Waals surface area contributed by atoms with Gasteiger partial charge in [0.05, 0.1) is 30.5 Å². The number of ether oxygens (including phenoxy) is 2. The molecule has 0 saturated carbocycles. The molecule has 0 radical (unpaired) electrons. The van der Waals surface area contributed by atoms with E-state index in [0.29, 0.717) is 31.7 Å². The molecule has 5 heterocycles. The number of alkyl halides is 3. The number of aromatic nitrogens is 1. The van der Waals surface area contributed by atoms with Crippen LogP contribution in [-0.2, 0) is 40.0 Å². The molecule has 1 amide bonds. The van der Waals surface area contributed by atoms with E-state index in [9.17, 15) is 22.8 Å². The second kappa shape index (κ2) is 11.3. The molecule has 9 nitrogen and oxygen atoms in total. The molecule has 3 aliphatic heterocycles. The summed E-state index contributed by atoms with van der Waals surface area (Å²) in [6.45, 7) is 3.59. The lowest BCUT2D eigenvalue weighted by molar-refractivity contribution is -0.138. The van der Waals surface area contributed by atoms with E-state index in [1.807, 2.05) is 6.07 Å². The van der Waals surface area contributed by atoms with Gasteiger partial charge in [0.1, 0.15) is 11.9 Å². The predicted octanol–water partition coefficient (Wildman–Crippen LogP) is 2.72. The van der Waals surface area contributed by atoms with Gasteiger partial charge in [0.25, 0.3) is 5.56 Å². The average molecular weight is 565 g/mol. The first-order chi connectivity index (χ1) is 19.2. The number of fused-ring (bicyclic) bond motifs is 2. The quantitative estimate of drug-likeness (QED) is 0.577. The van der Waals surface area contributed by atoms with Crippen LogP contribution in [0.3, 0.4) is 0 Å². The van der Waals surface area contributed by atoms with Gasteiger partial charge in [-0.05, 0) is 49.8 Å². The molecule has 12 heteroatoms. The van der Waals surface area contributed by atoms with E-state index in [4.69, 9.17) is 13.9 Å². The summed E-state index contributed by atoms with van der Waals surface area (Å²) in [5.41, 5.74) is -0.204. The summed E-state index contributed by atoms with van der Waals surface area (Å²) in [4.78, 5) is 29.7. The van der Waals surface area contributed by atoms with Crippen molar-refractivity contribution in [2.24, 2.45) is 0 Å². The molecule has 0 aromatic carbocycles. The van der Waals surface area contributed by atoms with Gasteiger partial charge in [-0.15, -0.1) is 0 Å². The van der Waals surface area contributed by atoms with Crippen molar-refractivity contribution in [3.8, 4) is 0 Å². The molecule has 40 heavy (non-hydrogen) atoms. The summed E-state index contributed by atoms with van der Waals surface area (Å²) in [6.07, 6.45) is 1.44. The zero-order valence-electron chi connectivity index (χ0n) is 22.3. The molecule has 2 saturated heterocycles. The minimum Gasteiger partial charge on any atom is -0.466 e. The molecule has 1 N–H and O–H groups in total. The molecule has 2 fully saturated rings. The number of furan rings is 1. The number of carbonyl (C=O) groups excluding carboxylic acids is 1. The molecule has 218 valence electrons. The molecular weight excluding hydrogens is 529 g/mol. The Bertz CT molecular complexity index is 1270. The molecule has 1 aliphatic carbocycles. The molecular formula is C28H35F3N4O5. The van der Waals surface area contributed by atoms with Crippen LogP contribution in [0.5, 0.6) is 0 Å². The van der Waals surface area contributed by atoms with Crippen LogP contribution in [0.4, 0.5) is 13.2 Å². The Balaban J connectivity index is 1.12. The van der Waals surface area contributed by atoms with Crippen LogP contribution in [0.25, 0.3) is 0 Å². The maximum atomic E-state index is 13.3. The summed E-state index contributed by atoms with van der Waals surface area (Å²) in [6, 6.07) is 3.75. The normalized spacial score (nSPS) is 27.8. The maximum Gasteiger partial charge on any atom is 0.416 e. The summed E-state index contributed by atoms with van der Waals surface area (Å²) >= 11 is 0. The fourth-order valence-electron chi connectivity index (χ4n) is 6.56. The average Bonchev–Trinajstić information content (AvgIpc) is 3.56. The Labute approximate surface area is 230 Å². The van der Waals surface area contributed by atoms with Gasteiger partial charge in [-0.25, -0.2) is 0 Å². The highest BCUT2D eigenvalue weighted by atomic mass is 19.4. The topological polar surface area (TPSA) is 89.2 Å². The standard InChI is InChI=1S/C28H35F3N4O5/c29-28(30,31)19-12-21-14-33(7-8-35(21)26(37)13-19)17-25(36)32-22-15-34(20-2-1-9-38-10-6-20)16-24(22)40-23-4-3-18-5-11-39-27(18)23/h5,11-13,20,22-24H,1-4,6-10,14-17H2,(H,32,36). The number of carbonyl (C=O) groups is 1. The zero-order valence-corrected chi connectivity index (χ0v) is 22.3. The number of pyridine rings is 1. The summed E-state index contributed by atoms with van der Waals surface area (Å²) in [7, 11) is 0. The van der Waals surface area contributed by atoms with Gasteiger partial charge in [-0.1, -0.05) is 0 Å². The van der Waals surface area contributed by atoms with Gasteiger partial charge in [0.2, 0.25) is 5.91 Å². The van der Waals surface area contributed by atoms with Crippen molar-refractivity contribution in [2.45, 2.75) is 75.7 Å². The second-order valence-electron chi connectivity index (χ2n) is 11.3. The first-order valence-corrected chi connectivity index (χ1v) is 14.1. The molecule has 4 unspecified atom stereocenters. The summed E-state index contributed by atoms with van der Waals surface area (Å²) in [5, 5.41) is 3.17. The number of nitrogens with zero attached hydrogens (tertiary/aromatic N) is 3. The number of halogens is 3. The van der Waals surface area contributed by atoms with Crippen LogP contribution in [0, 0.1) is 0 Å². The van der Waals surface area contributed by atoms with Gasteiger partial charge in [-0.2, -0.15) is 13.2 Å². The van der Waals surface area contributed by atoms with E-state index < -0.39 is 17.3 Å². The van der Waals surface area contributed by atoms with Gasteiger partial charge in [0.15, 0.2) is 0 Å². The van der Waals surface area contributed by atoms with E-state index in [-0.39, 0.29) is 49.5 Å². The van der Waals surface area contributed by atoms with E-state index in [1.54, 1.807) is 11.2 Å². The lowest BCUT2D eigenvalue weighted by Gasteiger charge is -2.30. The van der Waals surface area contributed by atoms with Crippen molar-refractivity contribution in [1.82, 2.24) is 19.7 Å². The molecule has 2 aromatic rings. The molecule has 0 bridgehead atoms. The zero-order chi connectivity index (χ0) is 27.9. The minimum absolute atomic E-state index is 0.0245. The summed E-state index contributed by atoms with van der Waals surface area (Å²) < 4.78 is 59.0. The number of aryl methyl sites for hydroxylation is 1. The fourth-order valence-corrected chi connectivity index (χ4v) is 6.56. The van der Waals surface area contributed by atoms with Gasteiger partial charge in [0, 0.05) is 63.7 Å². The van der Waals surface area contributed by atoms with E-state index in [1.165, 1.54) is 10.1 Å². The number of hydrogen-bond donors (Lipinski definition) is 1. The fraction of sp³-hybridized carbons (Fsp3) is 0.643. The lowest BCUT2D eigenvalue weighted by atomic mass is 10.1. The molecule has 4 aliphatic rings. The first kappa shape index (κ1) is 27.5. The number of amides is 1. The van der Waals surface area contributed by atoms with E-state index in [2.05, 4.69) is 10.2 Å². The Kier molecular flexibility index (Phi) is 7.77. The number of likely N-dealkylation sites (tertiary alicyclic amines) is 1. The third-order valence-corrected chi connectivity index (χ3v) is 8.60. The van der Waals surface area contributed by atoms with Crippen LogP contribution in [0.2, 0.25) is 0 Å². The van der Waals surface area contributed by atoms with Gasteiger partial charge < -0.3 is 23.8 Å². The molecule has 2 aromatic heterocycles.